The molecule has 0 spiro atoms. The summed E-state index contributed by atoms with van der Waals surface area (Å²) in [7, 11) is 1.61. The molecule has 7 nitrogen and oxygen atoms in total. The Morgan fingerprint density at radius 1 is 1.38 bits per heavy atom. The predicted molar refractivity (Wildman–Crippen MR) is 87.7 cm³/mol. The third-order valence-corrected chi connectivity index (χ3v) is 3.53. The van der Waals surface area contributed by atoms with Crippen LogP contribution in [0.1, 0.15) is 43.1 Å². The van der Waals surface area contributed by atoms with Gasteiger partial charge in [0.1, 0.15) is 11.6 Å². The van der Waals surface area contributed by atoms with E-state index >= 15 is 0 Å². The molecule has 0 saturated carbocycles. The first-order valence-electron chi connectivity index (χ1n) is 7.66. The number of rotatable bonds is 3. The van der Waals surface area contributed by atoms with E-state index < -0.39 is 23.6 Å². The number of esters is 1. The van der Waals surface area contributed by atoms with Gasteiger partial charge in [-0.25, -0.2) is 4.79 Å². The van der Waals surface area contributed by atoms with Gasteiger partial charge in [-0.05, 0) is 44.5 Å². The number of carbonyl (C=O) groups is 3. The number of carbonyl (C=O) groups excluding carboxylic acids is 2. The third kappa shape index (κ3) is 4.24. The van der Waals surface area contributed by atoms with Crippen LogP contribution in [-0.4, -0.2) is 46.5 Å². The van der Waals surface area contributed by atoms with E-state index in [1.165, 1.54) is 4.90 Å². The van der Waals surface area contributed by atoms with E-state index in [0.29, 0.717) is 11.3 Å². The lowest BCUT2D eigenvalue weighted by molar-refractivity contribution is -0.141. The van der Waals surface area contributed by atoms with Crippen molar-refractivity contribution in [2.24, 2.45) is 0 Å². The molecule has 130 valence electrons. The number of benzene rings is 1. The molecular weight excluding hydrogens is 312 g/mol. The number of hydrogen-bond donors (Lipinski definition) is 2. The molecule has 1 amide bonds. The maximum atomic E-state index is 12.3. The van der Waals surface area contributed by atoms with Crippen LogP contribution in [0.4, 0.5) is 5.69 Å². The molecule has 0 radical (unpaired) electrons. The number of nitrogens with one attached hydrogen (secondary N) is 1. The van der Waals surface area contributed by atoms with Gasteiger partial charge >= 0.3 is 11.9 Å². The Labute approximate surface area is 140 Å². The van der Waals surface area contributed by atoms with Crippen molar-refractivity contribution in [2.45, 2.75) is 45.4 Å². The predicted octanol–water partition coefficient (Wildman–Crippen LogP) is 1.87. The summed E-state index contributed by atoms with van der Waals surface area (Å²) in [5, 5.41) is 11.9. The number of nitrogens with zero attached hydrogens (tertiary/aromatic N) is 1. The van der Waals surface area contributed by atoms with Gasteiger partial charge in [0.15, 0.2) is 0 Å². The second kappa shape index (κ2) is 6.51. The maximum Gasteiger partial charge on any atom is 0.338 e. The fourth-order valence-corrected chi connectivity index (χ4v) is 2.49. The number of ether oxygens (including phenoxy) is 1. The van der Waals surface area contributed by atoms with Crippen LogP contribution < -0.4 is 5.32 Å². The molecule has 2 N–H and O–H groups in total. The van der Waals surface area contributed by atoms with Gasteiger partial charge in [-0.3, -0.25) is 9.59 Å². The van der Waals surface area contributed by atoms with Crippen LogP contribution in [0.3, 0.4) is 0 Å². The largest absolute Gasteiger partial charge is 0.481 e. The molecule has 0 saturated heterocycles. The first kappa shape index (κ1) is 17.8. The van der Waals surface area contributed by atoms with Gasteiger partial charge in [0.25, 0.3) is 0 Å². The Morgan fingerprint density at radius 3 is 2.62 bits per heavy atom. The zero-order valence-corrected chi connectivity index (χ0v) is 14.3. The molecule has 0 unspecified atom stereocenters. The zero-order chi connectivity index (χ0) is 18.1. The molecule has 0 aromatic heterocycles. The molecule has 1 aromatic rings. The Kier molecular flexibility index (Phi) is 4.82. The Hall–Kier alpha value is -2.57. The first-order chi connectivity index (χ1) is 11.1. The van der Waals surface area contributed by atoms with Crippen molar-refractivity contribution in [1.29, 1.82) is 0 Å². The summed E-state index contributed by atoms with van der Waals surface area (Å²) < 4.78 is 5.35. The smallest absolute Gasteiger partial charge is 0.338 e. The highest BCUT2D eigenvalue weighted by Crippen LogP contribution is 2.25. The average molecular weight is 334 g/mol. The van der Waals surface area contributed by atoms with Gasteiger partial charge in [0.2, 0.25) is 5.91 Å². The van der Waals surface area contributed by atoms with Crippen molar-refractivity contribution in [3.05, 3.63) is 29.3 Å². The lowest BCUT2D eigenvalue weighted by atomic mass is 10.1. The number of carboxylic acids is 1. The van der Waals surface area contributed by atoms with Gasteiger partial charge < -0.3 is 20.1 Å². The molecule has 1 aromatic carbocycles. The monoisotopic (exact) mass is 334 g/mol. The summed E-state index contributed by atoms with van der Waals surface area (Å²) in [6.07, 6.45) is -0.309. The topological polar surface area (TPSA) is 95.9 Å². The van der Waals surface area contributed by atoms with Gasteiger partial charge in [-0.15, -0.1) is 0 Å². The van der Waals surface area contributed by atoms with Crippen LogP contribution in [0.5, 0.6) is 0 Å². The SMILES string of the molecule is CN1Cc2cc(C(=O)OC(C)(C)C)ccc2N[C@@H](CC(=O)O)C1=O. The summed E-state index contributed by atoms with van der Waals surface area (Å²) in [6, 6.07) is 4.12. The van der Waals surface area contributed by atoms with Gasteiger partial charge in [0, 0.05) is 19.3 Å². The summed E-state index contributed by atoms with van der Waals surface area (Å²) in [5.41, 5.74) is 1.18. The number of anilines is 1. The number of fused-ring (bicyclic) bond motifs is 1. The van der Waals surface area contributed by atoms with E-state index in [1.54, 1.807) is 46.0 Å². The minimum Gasteiger partial charge on any atom is -0.481 e. The number of amides is 1. The molecule has 1 aliphatic heterocycles. The number of aliphatic carboxylic acids is 1. The van der Waals surface area contributed by atoms with Crippen LogP contribution >= 0.6 is 0 Å². The highest BCUT2D eigenvalue weighted by atomic mass is 16.6. The quantitative estimate of drug-likeness (QED) is 0.819. The van der Waals surface area contributed by atoms with Gasteiger partial charge in [0.05, 0.1) is 12.0 Å². The van der Waals surface area contributed by atoms with Gasteiger partial charge in [-0.2, -0.15) is 0 Å². The normalized spacial score (nSPS) is 17.6. The molecule has 7 heteroatoms. The minimum atomic E-state index is -1.05. The number of likely N-dealkylation sites (N-methyl/N-ethyl adjacent to an activating group) is 1. The molecule has 0 aliphatic carbocycles. The fourth-order valence-electron chi connectivity index (χ4n) is 2.49. The van der Waals surface area contributed by atoms with E-state index in [1.807, 2.05) is 0 Å². The second-order valence-electron chi connectivity index (χ2n) is 6.86. The third-order valence-electron chi connectivity index (χ3n) is 3.53. The molecular formula is C17H22N2O5. The Morgan fingerprint density at radius 2 is 2.04 bits per heavy atom. The molecule has 0 bridgehead atoms. The molecule has 1 aliphatic rings. The first-order valence-corrected chi connectivity index (χ1v) is 7.66. The molecule has 1 heterocycles. The van der Waals surface area contributed by atoms with E-state index in [-0.39, 0.29) is 18.9 Å². The van der Waals surface area contributed by atoms with E-state index in [2.05, 4.69) is 5.32 Å². The molecule has 1 atom stereocenters. The highest BCUT2D eigenvalue weighted by molar-refractivity contribution is 5.92. The minimum absolute atomic E-state index is 0.286. The van der Waals surface area contributed by atoms with Crippen LogP contribution in [0.2, 0.25) is 0 Å². The zero-order valence-electron chi connectivity index (χ0n) is 14.3. The summed E-state index contributed by atoms with van der Waals surface area (Å²) in [4.78, 5) is 36.8. The van der Waals surface area contributed by atoms with Crippen molar-refractivity contribution >= 4 is 23.5 Å². The van der Waals surface area contributed by atoms with Crippen molar-refractivity contribution in [3.8, 4) is 0 Å². The van der Waals surface area contributed by atoms with Crippen molar-refractivity contribution in [1.82, 2.24) is 4.90 Å². The molecule has 0 fully saturated rings. The van der Waals surface area contributed by atoms with Crippen LogP contribution in [0.25, 0.3) is 0 Å². The molecule has 2 rings (SSSR count). The Bertz CT molecular complexity index is 678. The van der Waals surface area contributed by atoms with E-state index in [0.717, 1.165) is 5.56 Å². The van der Waals surface area contributed by atoms with Crippen LogP contribution in [-0.2, 0) is 20.9 Å². The van der Waals surface area contributed by atoms with Crippen molar-refractivity contribution in [3.63, 3.8) is 0 Å². The summed E-state index contributed by atoms with van der Waals surface area (Å²) >= 11 is 0. The maximum absolute atomic E-state index is 12.3. The van der Waals surface area contributed by atoms with Crippen molar-refractivity contribution < 1.29 is 24.2 Å². The van der Waals surface area contributed by atoms with E-state index in [9.17, 15) is 14.4 Å². The molecule has 24 heavy (non-hydrogen) atoms. The summed E-state index contributed by atoms with van der Waals surface area (Å²) in [6.45, 7) is 5.66. The average Bonchev–Trinajstić information content (AvgIpc) is 2.55. The second-order valence-corrected chi connectivity index (χ2v) is 6.86. The van der Waals surface area contributed by atoms with Crippen LogP contribution in [0.15, 0.2) is 18.2 Å². The van der Waals surface area contributed by atoms with Gasteiger partial charge in [-0.1, -0.05) is 0 Å². The van der Waals surface area contributed by atoms with E-state index in [4.69, 9.17) is 9.84 Å². The van der Waals surface area contributed by atoms with Crippen LogP contribution in [0, 0.1) is 0 Å². The number of hydrogen-bond acceptors (Lipinski definition) is 5. The number of carboxylic acid groups (broad SMARTS) is 1. The Balaban J connectivity index is 2.30. The van der Waals surface area contributed by atoms with Crippen molar-refractivity contribution in [2.75, 3.05) is 12.4 Å². The fraction of sp³-hybridized carbons (Fsp3) is 0.471. The lowest BCUT2D eigenvalue weighted by Crippen LogP contribution is -2.39. The summed E-state index contributed by atoms with van der Waals surface area (Å²) in [5.74, 6) is -1.79. The standard InChI is InChI=1S/C17H22N2O5/c1-17(2,3)24-16(23)10-5-6-12-11(7-10)9-19(4)15(22)13(18-12)8-14(20)21/h5-7,13,18H,8-9H2,1-4H3,(H,20,21)/t13-/m0/s1. The highest BCUT2D eigenvalue weighted by Gasteiger charge is 2.29. The lowest BCUT2D eigenvalue weighted by Gasteiger charge is -2.20.